The van der Waals surface area contributed by atoms with Crippen LogP contribution in [0.2, 0.25) is 0 Å². The molecular formula is C11H14N4OS2. The number of nitrogens with zero attached hydrogens (tertiary/aromatic N) is 4. The summed E-state index contributed by atoms with van der Waals surface area (Å²) in [6, 6.07) is 1.93. The fraction of sp³-hybridized carbons (Fsp3) is 0.364. The smallest absolute Gasteiger partial charge is 0.208 e. The highest BCUT2D eigenvalue weighted by Crippen LogP contribution is 2.33. The van der Waals surface area contributed by atoms with Crippen molar-refractivity contribution in [3.05, 3.63) is 23.4 Å². The molecular weight excluding hydrogens is 268 g/mol. The highest BCUT2D eigenvalue weighted by atomic mass is 32.2. The van der Waals surface area contributed by atoms with Gasteiger partial charge in [-0.1, -0.05) is 11.3 Å². The van der Waals surface area contributed by atoms with Gasteiger partial charge in [0.05, 0.1) is 6.61 Å². The fourth-order valence-corrected chi connectivity index (χ4v) is 3.02. The maximum absolute atomic E-state index is 9.03. The zero-order valence-electron chi connectivity index (χ0n) is 10.4. The number of anilines is 1. The Hall–Kier alpha value is -1.18. The highest BCUT2D eigenvalue weighted by molar-refractivity contribution is 8.01. The van der Waals surface area contributed by atoms with Gasteiger partial charge in [0, 0.05) is 20.3 Å². The van der Waals surface area contributed by atoms with Gasteiger partial charge in [0.25, 0.3) is 0 Å². The molecule has 0 aliphatic carbocycles. The quantitative estimate of drug-likeness (QED) is 0.925. The van der Waals surface area contributed by atoms with Crippen molar-refractivity contribution in [2.45, 2.75) is 22.9 Å². The molecule has 2 rings (SSSR count). The van der Waals surface area contributed by atoms with Gasteiger partial charge in [-0.05, 0) is 35.9 Å². The first kappa shape index (κ1) is 13.3. The van der Waals surface area contributed by atoms with E-state index in [2.05, 4.69) is 15.2 Å². The van der Waals surface area contributed by atoms with Crippen LogP contribution in [-0.4, -0.2) is 34.4 Å². The summed E-state index contributed by atoms with van der Waals surface area (Å²) in [5.74, 6) is 0. The van der Waals surface area contributed by atoms with Gasteiger partial charge in [-0.15, -0.1) is 10.2 Å². The fourth-order valence-electron chi connectivity index (χ4n) is 1.32. The van der Waals surface area contributed by atoms with Gasteiger partial charge >= 0.3 is 0 Å². The highest BCUT2D eigenvalue weighted by Gasteiger charge is 2.10. The maximum Gasteiger partial charge on any atom is 0.208 e. The second-order valence-corrected chi connectivity index (χ2v) is 6.16. The molecule has 2 aromatic heterocycles. The predicted molar refractivity (Wildman–Crippen MR) is 73.3 cm³/mol. The summed E-state index contributed by atoms with van der Waals surface area (Å²) in [4.78, 5) is 6.25. The van der Waals surface area contributed by atoms with Crippen LogP contribution < -0.4 is 4.90 Å². The number of rotatable bonds is 4. The van der Waals surface area contributed by atoms with Gasteiger partial charge < -0.3 is 10.0 Å². The summed E-state index contributed by atoms with van der Waals surface area (Å²) in [6.45, 7) is 1.99. The van der Waals surface area contributed by atoms with Crippen LogP contribution in [0.3, 0.4) is 0 Å². The molecule has 5 nitrogen and oxygen atoms in total. The monoisotopic (exact) mass is 282 g/mol. The van der Waals surface area contributed by atoms with E-state index in [1.165, 1.54) is 23.1 Å². The molecule has 0 aliphatic heterocycles. The Morgan fingerprint density at radius 3 is 2.72 bits per heavy atom. The van der Waals surface area contributed by atoms with Gasteiger partial charge in [-0.3, -0.25) is 0 Å². The Labute approximate surface area is 114 Å². The van der Waals surface area contributed by atoms with E-state index in [9.17, 15) is 0 Å². The average Bonchev–Trinajstić information content (AvgIpc) is 2.80. The van der Waals surface area contributed by atoms with E-state index < -0.39 is 0 Å². The normalized spacial score (nSPS) is 10.7. The van der Waals surface area contributed by atoms with Crippen molar-refractivity contribution in [1.82, 2.24) is 15.2 Å². The van der Waals surface area contributed by atoms with Crippen LogP contribution in [-0.2, 0) is 6.61 Å². The molecule has 0 saturated carbocycles. The first-order valence-corrected chi connectivity index (χ1v) is 6.98. The molecule has 7 heteroatoms. The van der Waals surface area contributed by atoms with Crippen molar-refractivity contribution in [1.29, 1.82) is 0 Å². The molecule has 1 N–H and O–H groups in total. The summed E-state index contributed by atoms with van der Waals surface area (Å²) in [5, 5.41) is 19.0. The second-order valence-electron chi connectivity index (χ2n) is 3.97. The number of pyridine rings is 1. The van der Waals surface area contributed by atoms with Crippen LogP contribution in [0.1, 0.15) is 11.1 Å². The van der Waals surface area contributed by atoms with Crippen LogP contribution >= 0.6 is 23.1 Å². The van der Waals surface area contributed by atoms with Crippen LogP contribution in [0, 0.1) is 6.92 Å². The van der Waals surface area contributed by atoms with Gasteiger partial charge in [-0.25, -0.2) is 4.98 Å². The molecule has 0 spiro atoms. The Kier molecular flexibility index (Phi) is 4.15. The van der Waals surface area contributed by atoms with Gasteiger partial charge in [0.15, 0.2) is 4.34 Å². The second kappa shape index (κ2) is 5.64. The van der Waals surface area contributed by atoms with Crippen molar-refractivity contribution in [3.8, 4) is 0 Å². The van der Waals surface area contributed by atoms with E-state index in [1.807, 2.05) is 32.0 Å². The lowest BCUT2D eigenvalue weighted by molar-refractivity contribution is 0.281. The molecule has 0 atom stereocenters. The summed E-state index contributed by atoms with van der Waals surface area (Å²) >= 11 is 3.03. The first-order chi connectivity index (χ1) is 8.60. The van der Waals surface area contributed by atoms with Gasteiger partial charge in [0.1, 0.15) is 5.03 Å². The molecule has 0 fully saturated rings. The van der Waals surface area contributed by atoms with Crippen molar-refractivity contribution in [2.24, 2.45) is 0 Å². The van der Waals surface area contributed by atoms with E-state index in [0.717, 1.165) is 25.6 Å². The van der Waals surface area contributed by atoms with Crippen LogP contribution in [0.15, 0.2) is 21.6 Å². The number of aliphatic hydroxyl groups excluding tert-OH is 1. The number of hydrogen-bond donors (Lipinski definition) is 1. The maximum atomic E-state index is 9.03. The number of hydrogen-bond acceptors (Lipinski definition) is 7. The molecule has 18 heavy (non-hydrogen) atoms. The number of aliphatic hydroxyl groups is 1. The molecule has 2 aromatic rings. The Bertz CT molecular complexity index is 542. The minimum Gasteiger partial charge on any atom is -0.392 e. The van der Waals surface area contributed by atoms with Gasteiger partial charge in [0.2, 0.25) is 5.13 Å². The molecule has 2 heterocycles. The van der Waals surface area contributed by atoms with E-state index in [4.69, 9.17) is 5.11 Å². The Morgan fingerprint density at radius 2 is 2.17 bits per heavy atom. The first-order valence-electron chi connectivity index (χ1n) is 5.35. The third-order valence-electron chi connectivity index (χ3n) is 2.23. The topological polar surface area (TPSA) is 62.1 Å². The third-order valence-corrected chi connectivity index (χ3v) is 4.49. The standard InChI is InChI=1S/C11H14N4OS2/c1-7-4-8(6-16)5-12-9(7)17-11-14-13-10(18-11)15(2)3/h4-5,16H,6H2,1-3H3. The molecule has 96 valence electrons. The van der Waals surface area contributed by atoms with E-state index in [0.29, 0.717) is 0 Å². The molecule has 0 aliphatic rings. The van der Waals surface area contributed by atoms with Crippen molar-refractivity contribution in [3.63, 3.8) is 0 Å². The lowest BCUT2D eigenvalue weighted by Gasteiger charge is -2.04. The zero-order valence-corrected chi connectivity index (χ0v) is 12.0. The lowest BCUT2D eigenvalue weighted by Crippen LogP contribution is -2.07. The Balaban J connectivity index is 2.17. The molecule has 0 bridgehead atoms. The molecule has 0 amide bonds. The van der Waals surface area contributed by atoms with E-state index in [1.54, 1.807) is 6.20 Å². The molecule has 0 unspecified atom stereocenters. The van der Waals surface area contributed by atoms with E-state index >= 15 is 0 Å². The van der Waals surface area contributed by atoms with Crippen LogP contribution in [0.25, 0.3) is 0 Å². The molecule has 0 aromatic carbocycles. The van der Waals surface area contributed by atoms with Crippen molar-refractivity contribution >= 4 is 28.2 Å². The predicted octanol–water partition coefficient (Wildman–Crippen LogP) is 1.95. The number of aryl methyl sites for hydroxylation is 1. The zero-order chi connectivity index (χ0) is 13.1. The van der Waals surface area contributed by atoms with Crippen LogP contribution in [0.5, 0.6) is 0 Å². The van der Waals surface area contributed by atoms with Crippen molar-refractivity contribution in [2.75, 3.05) is 19.0 Å². The van der Waals surface area contributed by atoms with Crippen LogP contribution in [0.4, 0.5) is 5.13 Å². The van der Waals surface area contributed by atoms with Gasteiger partial charge in [-0.2, -0.15) is 0 Å². The minimum atomic E-state index is 0.0162. The summed E-state index contributed by atoms with van der Waals surface area (Å²) < 4.78 is 0.867. The summed E-state index contributed by atoms with van der Waals surface area (Å²) in [5.41, 5.74) is 1.86. The van der Waals surface area contributed by atoms with E-state index in [-0.39, 0.29) is 6.61 Å². The molecule has 0 saturated heterocycles. The molecule has 0 radical (unpaired) electrons. The third kappa shape index (κ3) is 2.98. The number of aromatic nitrogens is 3. The summed E-state index contributed by atoms with van der Waals surface area (Å²) in [7, 11) is 3.88. The Morgan fingerprint density at radius 1 is 1.39 bits per heavy atom. The minimum absolute atomic E-state index is 0.0162. The summed E-state index contributed by atoms with van der Waals surface area (Å²) in [6.07, 6.45) is 1.68. The average molecular weight is 282 g/mol. The largest absolute Gasteiger partial charge is 0.392 e. The SMILES string of the molecule is Cc1cc(CO)cnc1Sc1nnc(N(C)C)s1. The van der Waals surface area contributed by atoms with Crippen molar-refractivity contribution < 1.29 is 5.11 Å². The lowest BCUT2D eigenvalue weighted by atomic mass is 10.2.